The van der Waals surface area contributed by atoms with Crippen LogP contribution in [0.25, 0.3) is 0 Å². The summed E-state index contributed by atoms with van der Waals surface area (Å²) in [5.41, 5.74) is 0.975. The first kappa shape index (κ1) is 25.2. The molecule has 8 nitrogen and oxygen atoms in total. The van der Waals surface area contributed by atoms with E-state index in [1.54, 1.807) is 7.05 Å². The molecule has 1 heterocycles. The van der Waals surface area contributed by atoms with Gasteiger partial charge in [-0.2, -0.15) is 0 Å². The molecule has 1 aliphatic carbocycles. The Morgan fingerprint density at radius 1 is 1.32 bits per heavy atom. The predicted octanol–water partition coefficient (Wildman–Crippen LogP) is 2.58. The van der Waals surface area contributed by atoms with E-state index in [9.17, 15) is 8.42 Å². The van der Waals surface area contributed by atoms with E-state index >= 15 is 0 Å². The summed E-state index contributed by atoms with van der Waals surface area (Å²) in [6.07, 6.45) is 5.51. The van der Waals surface area contributed by atoms with E-state index in [1.165, 1.54) is 6.42 Å². The predicted molar refractivity (Wildman–Crippen MR) is 123 cm³/mol. The number of nitrogens with one attached hydrogen (secondary N) is 3. The first-order valence-corrected chi connectivity index (χ1v) is 11.5. The minimum absolute atomic E-state index is 0. The fourth-order valence-corrected chi connectivity index (χ4v) is 4.03. The van der Waals surface area contributed by atoms with Gasteiger partial charge < -0.3 is 15.2 Å². The SMILES string of the molecule is CCC(CC)c1cc(CNC(=NC)NCCS(=O)(=O)NCC2CCC2)on1.I. The molecule has 0 amide bonds. The lowest BCUT2D eigenvalue weighted by molar-refractivity contribution is 0.316. The highest BCUT2D eigenvalue weighted by atomic mass is 127. The van der Waals surface area contributed by atoms with Crippen molar-refractivity contribution < 1.29 is 12.9 Å². The van der Waals surface area contributed by atoms with Gasteiger partial charge in [0.05, 0.1) is 18.0 Å². The van der Waals surface area contributed by atoms with Gasteiger partial charge in [0.2, 0.25) is 10.0 Å². The van der Waals surface area contributed by atoms with Crippen LogP contribution in [-0.4, -0.2) is 45.4 Å². The van der Waals surface area contributed by atoms with Crippen molar-refractivity contribution in [1.29, 1.82) is 0 Å². The van der Waals surface area contributed by atoms with Crippen molar-refractivity contribution in [1.82, 2.24) is 20.5 Å². The molecule has 0 unspecified atom stereocenters. The molecule has 0 spiro atoms. The van der Waals surface area contributed by atoms with Crippen LogP contribution in [0.3, 0.4) is 0 Å². The average Bonchev–Trinajstić information content (AvgIpc) is 3.06. The lowest BCUT2D eigenvalue weighted by atomic mass is 9.86. The van der Waals surface area contributed by atoms with Gasteiger partial charge in [-0.25, -0.2) is 13.1 Å². The molecule has 3 N–H and O–H groups in total. The fourth-order valence-electron chi connectivity index (χ4n) is 3.02. The summed E-state index contributed by atoms with van der Waals surface area (Å²) >= 11 is 0. The van der Waals surface area contributed by atoms with E-state index in [0.29, 0.717) is 30.9 Å². The molecule has 162 valence electrons. The van der Waals surface area contributed by atoms with Crippen molar-refractivity contribution in [3.8, 4) is 0 Å². The van der Waals surface area contributed by atoms with Crippen LogP contribution in [0.5, 0.6) is 0 Å². The molecule has 10 heteroatoms. The Morgan fingerprint density at radius 3 is 2.61 bits per heavy atom. The van der Waals surface area contributed by atoms with Gasteiger partial charge in [0.15, 0.2) is 11.7 Å². The number of aromatic nitrogens is 1. The van der Waals surface area contributed by atoms with Gasteiger partial charge in [0, 0.05) is 32.1 Å². The zero-order chi connectivity index (χ0) is 19.7. The van der Waals surface area contributed by atoms with Gasteiger partial charge in [0.1, 0.15) is 0 Å². The van der Waals surface area contributed by atoms with E-state index in [-0.39, 0.29) is 36.3 Å². The van der Waals surface area contributed by atoms with Gasteiger partial charge in [0.25, 0.3) is 0 Å². The van der Waals surface area contributed by atoms with Gasteiger partial charge >= 0.3 is 0 Å². The number of rotatable bonds is 11. The highest BCUT2D eigenvalue weighted by Gasteiger charge is 2.20. The molecule has 2 rings (SSSR count). The van der Waals surface area contributed by atoms with Crippen LogP contribution in [0.2, 0.25) is 0 Å². The molecule has 0 radical (unpaired) electrons. The maximum atomic E-state index is 12.0. The largest absolute Gasteiger partial charge is 0.359 e. The third kappa shape index (κ3) is 8.24. The second kappa shape index (κ2) is 12.6. The van der Waals surface area contributed by atoms with E-state index in [4.69, 9.17) is 4.52 Å². The normalized spacial score (nSPS) is 15.2. The van der Waals surface area contributed by atoms with Crippen molar-refractivity contribution in [2.45, 2.75) is 58.4 Å². The Balaban J connectivity index is 0.00000392. The van der Waals surface area contributed by atoms with Gasteiger partial charge in [-0.1, -0.05) is 25.4 Å². The van der Waals surface area contributed by atoms with E-state index in [1.807, 2.05) is 6.07 Å². The van der Waals surface area contributed by atoms with Crippen LogP contribution >= 0.6 is 24.0 Å². The van der Waals surface area contributed by atoms with Crippen LogP contribution in [0.1, 0.15) is 63.3 Å². The number of nitrogens with zero attached hydrogens (tertiary/aromatic N) is 2. The lowest BCUT2D eigenvalue weighted by Crippen LogP contribution is -2.41. The number of sulfonamides is 1. The first-order valence-electron chi connectivity index (χ1n) is 9.84. The molecule has 28 heavy (non-hydrogen) atoms. The highest BCUT2D eigenvalue weighted by Crippen LogP contribution is 2.25. The smallest absolute Gasteiger partial charge is 0.213 e. The fraction of sp³-hybridized carbons (Fsp3) is 0.778. The van der Waals surface area contributed by atoms with Crippen molar-refractivity contribution in [2.75, 3.05) is 25.9 Å². The highest BCUT2D eigenvalue weighted by molar-refractivity contribution is 14.0. The molecule has 1 fully saturated rings. The van der Waals surface area contributed by atoms with Gasteiger partial charge in [-0.3, -0.25) is 4.99 Å². The summed E-state index contributed by atoms with van der Waals surface area (Å²) in [7, 11) is -1.61. The topological polar surface area (TPSA) is 109 Å². The molecule has 0 bridgehead atoms. The quantitative estimate of drug-likeness (QED) is 0.232. The molecule has 1 aliphatic rings. The standard InChI is InChI=1S/C18H33N5O3S.HI/c1-4-15(5-2)17-11-16(26-23-17)13-21-18(19-3)20-9-10-27(24,25)22-12-14-7-6-8-14;/h11,14-15,22H,4-10,12-13H2,1-3H3,(H2,19,20,21);1H. The number of hydrogen-bond donors (Lipinski definition) is 3. The molecule has 0 aliphatic heterocycles. The Hall–Kier alpha value is -0.880. The zero-order valence-corrected chi connectivity index (χ0v) is 20.2. The Labute approximate surface area is 185 Å². The Kier molecular flexibility index (Phi) is 11.4. The Morgan fingerprint density at radius 2 is 2.04 bits per heavy atom. The number of halogens is 1. The van der Waals surface area contributed by atoms with Crippen molar-refractivity contribution >= 4 is 40.0 Å². The van der Waals surface area contributed by atoms with Crippen LogP contribution < -0.4 is 15.4 Å². The second-order valence-corrected chi connectivity index (χ2v) is 8.97. The minimum atomic E-state index is -3.26. The van der Waals surface area contributed by atoms with E-state index in [0.717, 1.165) is 37.1 Å². The number of hydrogen-bond acceptors (Lipinski definition) is 5. The number of aliphatic imine (C=N–C) groups is 1. The average molecular weight is 527 g/mol. The van der Waals surface area contributed by atoms with Crippen molar-refractivity contribution in [2.24, 2.45) is 10.9 Å². The summed E-state index contributed by atoms with van der Waals surface area (Å²) in [4.78, 5) is 4.11. The first-order chi connectivity index (χ1) is 13.0. The summed E-state index contributed by atoms with van der Waals surface area (Å²) in [5, 5.41) is 10.3. The van der Waals surface area contributed by atoms with Crippen LogP contribution in [0.15, 0.2) is 15.6 Å². The van der Waals surface area contributed by atoms with Crippen LogP contribution in [-0.2, 0) is 16.6 Å². The van der Waals surface area contributed by atoms with E-state index in [2.05, 4.69) is 39.4 Å². The molecule has 1 saturated carbocycles. The molecule has 0 aromatic carbocycles. The van der Waals surface area contributed by atoms with Crippen LogP contribution in [0.4, 0.5) is 0 Å². The van der Waals surface area contributed by atoms with Crippen molar-refractivity contribution in [3.63, 3.8) is 0 Å². The summed E-state index contributed by atoms with van der Waals surface area (Å²) in [5.74, 6) is 2.20. The Bertz CT molecular complexity index is 700. The van der Waals surface area contributed by atoms with Gasteiger partial charge in [-0.15, -0.1) is 24.0 Å². The molecule has 1 aromatic heterocycles. The third-order valence-electron chi connectivity index (χ3n) is 5.11. The van der Waals surface area contributed by atoms with Crippen molar-refractivity contribution in [3.05, 3.63) is 17.5 Å². The summed E-state index contributed by atoms with van der Waals surface area (Å²) in [6.45, 7) is 5.57. The molecule has 1 aromatic rings. The third-order valence-corrected chi connectivity index (χ3v) is 6.46. The van der Waals surface area contributed by atoms with Crippen LogP contribution in [0, 0.1) is 5.92 Å². The van der Waals surface area contributed by atoms with E-state index < -0.39 is 10.0 Å². The zero-order valence-electron chi connectivity index (χ0n) is 17.0. The minimum Gasteiger partial charge on any atom is -0.359 e. The lowest BCUT2D eigenvalue weighted by Gasteiger charge is -2.25. The monoisotopic (exact) mass is 527 g/mol. The van der Waals surface area contributed by atoms with Gasteiger partial charge in [-0.05, 0) is 31.6 Å². The maximum Gasteiger partial charge on any atom is 0.213 e. The maximum absolute atomic E-state index is 12.0. The molecule has 0 saturated heterocycles. The second-order valence-electron chi connectivity index (χ2n) is 7.05. The number of guanidine groups is 1. The molecular formula is C18H34IN5O3S. The summed E-state index contributed by atoms with van der Waals surface area (Å²) in [6, 6.07) is 1.97. The summed E-state index contributed by atoms with van der Waals surface area (Å²) < 4.78 is 32.1. The molecule has 0 atom stereocenters. The molecular weight excluding hydrogens is 493 g/mol.